The van der Waals surface area contributed by atoms with E-state index in [1.54, 1.807) is 36.5 Å². The number of benzene rings is 1. The molecular formula is C15H14ClN5O2. The number of nitrogens with zero attached hydrogens (tertiary/aromatic N) is 5. The van der Waals surface area contributed by atoms with Gasteiger partial charge < -0.3 is 9.84 Å². The number of aryl methyl sites for hydroxylation is 1. The van der Waals surface area contributed by atoms with Crippen LogP contribution < -0.4 is 4.74 Å². The van der Waals surface area contributed by atoms with Gasteiger partial charge >= 0.3 is 0 Å². The Bertz CT molecular complexity index is 758. The Labute approximate surface area is 137 Å². The van der Waals surface area contributed by atoms with Crippen molar-refractivity contribution in [3.05, 3.63) is 47.6 Å². The first-order valence-corrected chi connectivity index (χ1v) is 7.41. The van der Waals surface area contributed by atoms with Crippen molar-refractivity contribution in [1.29, 1.82) is 0 Å². The normalized spacial score (nSPS) is 10.7. The van der Waals surface area contributed by atoms with Crippen LogP contribution in [0.5, 0.6) is 11.6 Å². The zero-order valence-corrected chi connectivity index (χ0v) is 12.9. The quantitative estimate of drug-likeness (QED) is 0.747. The Morgan fingerprint density at radius 1 is 1.13 bits per heavy atom. The third kappa shape index (κ3) is 4.02. The molecule has 0 bridgehead atoms. The summed E-state index contributed by atoms with van der Waals surface area (Å²) in [7, 11) is 0. The number of ether oxygens (including phenoxy) is 1. The highest BCUT2D eigenvalue weighted by atomic mass is 35.5. The molecule has 3 rings (SSSR count). The second-order valence-corrected chi connectivity index (χ2v) is 5.16. The van der Waals surface area contributed by atoms with E-state index < -0.39 is 0 Å². The molecule has 0 fully saturated rings. The van der Waals surface area contributed by atoms with E-state index in [-0.39, 0.29) is 6.61 Å². The fraction of sp³-hybridized carbons (Fsp3) is 0.200. The maximum absolute atomic E-state index is 8.80. The van der Waals surface area contributed by atoms with E-state index in [1.807, 2.05) is 6.07 Å². The summed E-state index contributed by atoms with van der Waals surface area (Å²) in [5, 5.41) is 21.6. The van der Waals surface area contributed by atoms with Crippen molar-refractivity contribution >= 4 is 11.6 Å². The maximum atomic E-state index is 8.80. The van der Waals surface area contributed by atoms with Crippen LogP contribution >= 0.6 is 11.6 Å². The van der Waals surface area contributed by atoms with Gasteiger partial charge in [-0.3, -0.25) is 0 Å². The highest BCUT2D eigenvalue weighted by Crippen LogP contribution is 2.23. The van der Waals surface area contributed by atoms with E-state index in [2.05, 4.69) is 20.4 Å². The summed E-state index contributed by atoms with van der Waals surface area (Å²) >= 11 is 5.83. The lowest BCUT2D eigenvalue weighted by Crippen LogP contribution is -2.04. The lowest BCUT2D eigenvalue weighted by molar-refractivity contribution is 0.272. The standard InChI is InChI=1S/C15H14ClN5O2/c16-12-3-5-13(6-4-12)23-14-7-2-11(10-17-14)15-18-20-21(19-15)8-1-9-22/h2-7,10,22H,1,8-9H2. The average Bonchev–Trinajstić information content (AvgIpc) is 3.05. The molecule has 2 heterocycles. The summed E-state index contributed by atoms with van der Waals surface area (Å²) in [6, 6.07) is 10.6. The van der Waals surface area contributed by atoms with Crippen LogP contribution in [0.25, 0.3) is 11.4 Å². The van der Waals surface area contributed by atoms with Crippen molar-refractivity contribution in [2.75, 3.05) is 6.61 Å². The van der Waals surface area contributed by atoms with Gasteiger partial charge in [-0.1, -0.05) is 11.6 Å². The first-order chi connectivity index (χ1) is 11.2. The Hall–Kier alpha value is -2.51. The Morgan fingerprint density at radius 2 is 1.96 bits per heavy atom. The van der Waals surface area contributed by atoms with Gasteiger partial charge in [0.05, 0.1) is 6.54 Å². The van der Waals surface area contributed by atoms with Crippen LogP contribution in [0, 0.1) is 0 Å². The molecule has 0 atom stereocenters. The highest BCUT2D eigenvalue weighted by Gasteiger charge is 2.07. The van der Waals surface area contributed by atoms with Gasteiger partial charge in [-0.2, -0.15) is 4.80 Å². The molecule has 0 spiro atoms. The van der Waals surface area contributed by atoms with E-state index in [9.17, 15) is 0 Å². The predicted octanol–water partition coefficient (Wildman–Crippen LogP) is 2.56. The first-order valence-electron chi connectivity index (χ1n) is 7.03. The summed E-state index contributed by atoms with van der Waals surface area (Å²) in [4.78, 5) is 5.68. The number of aromatic nitrogens is 5. The Morgan fingerprint density at radius 3 is 2.65 bits per heavy atom. The van der Waals surface area contributed by atoms with E-state index >= 15 is 0 Å². The lowest BCUT2D eigenvalue weighted by Gasteiger charge is -2.04. The minimum atomic E-state index is 0.0924. The van der Waals surface area contributed by atoms with Crippen molar-refractivity contribution in [1.82, 2.24) is 25.2 Å². The summed E-state index contributed by atoms with van der Waals surface area (Å²) in [6.07, 6.45) is 2.21. The van der Waals surface area contributed by atoms with Gasteiger partial charge in [0.1, 0.15) is 5.75 Å². The smallest absolute Gasteiger partial charge is 0.219 e. The summed E-state index contributed by atoms with van der Waals surface area (Å²) in [5.74, 6) is 1.60. The number of rotatable bonds is 6. The number of halogens is 1. The minimum Gasteiger partial charge on any atom is -0.439 e. The van der Waals surface area contributed by atoms with Gasteiger partial charge in [0.2, 0.25) is 11.7 Å². The summed E-state index contributed by atoms with van der Waals surface area (Å²) in [6.45, 7) is 0.615. The van der Waals surface area contributed by atoms with Crippen LogP contribution in [0.4, 0.5) is 0 Å². The van der Waals surface area contributed by atoms with Crippen LogP contribution in [0.2, 0.25) is 5.02 Å². The third-order valence-corrected chi connectivity index (χ3v) is 3.25. The largest absolute Gasteiger partial charge is 0.439 e. The molecule has 3 aromatic rings. The van der Waals surface area contributed by atoms with Crippen LogP contribution in [0.15, 0.2) is 42.6 Å². The molecular weight excluding hydrogens is 318 g/mol. The van der Waals surface area contributed by atoms with Gasteiger partial charge in [-0.25, -0.2) is 4.98 Å². The monoisotopic (exact) mass is 331 g/mol. The Kier molecular flexibility index (Phi) is 4.80. The molecule has 7 nitrogen and oxygen atoms in total. The molecule has 0 saturated heterocycles. The molecule has 0 aliphatic rings. The van der Waals surface area contributed by atoms with Crippen LogP contribution in [0.3, 0.4) is 0 Å². The van der Waals surface area contributed by atoms with E-state index in [0.29, 0.717) is 35.4 Å². The average molecular weight is 332 g/mol. The van der Waals surface area contributed by atoms with Crippen molar-refractivity contribution in [3.8, 4) is 23.0 Å². The SMILES string of the molecule is OCCCn1nnc(-c2ccc(Oc3ccc(Cl)cc3)nc2)n1. The predicted molar refractivity (Wildman–Crippen MR) is 84.3 cm³/mol. The van der Waals surface area contributed by atoms with Crippen LogP contribution in [-0.4, -0.2) is 36.9 Å². The molecule has 0 saturated carbocycles. The zero-order chi connectivity index (χ0) is 16.1. The summed E-state index contributed by atoms with van der Waals surface area (Å²) in [5.41, 5.74) is 0.740. The van der Waals surface area contributed by atoms with Gasteiger partial charge in [0.25, 0.3) is 0 Å². The van der Waals surface area contributed by atoms with Crippen molar-refractivity contribution in [2.45, 2.75) is 13.0 Å². The first kappa shape index (κ1) is 15.4. The van der Waals surface area contributed by atoms with E-state index in [1.165, 1.54) is 4.80 Å². The molecule has 0 amide bonds. The number of tetrazole rings is 1. The van der Waals surface area contributed by atoms with Crippen LogP contribution in [-0.2, 0) is 6.54 Å². The second kappa shape index (κ2) is 7.17. The molecule has 1 N–H and O–H groups in total. The second-order valence-electron chi connectivity index (χ2n) is 4.73. The van der Waals surface area contributed by atoms with Gasteiger partial charge in [0.15, 0.2) is 0 Å². The number of hydrogen-bond acceptors (Lipinski definition) is 6. The molecule has 0 aliphatic carbocycles. The Balaban J connectivity index is 1.69. The molecule has 23 heavy (non-hydrogen) atoms. The minimum absolute atomic E-state index is 0.0924. The van der Waals surface area contributed by atoms with Crippen molar-refractivity contribution in [2.24, 2.45) is 0 Å². The van der Waals surface area contributed by atoms with Crippen LogP contribution in [0.1, 0.15) is 6.42 Å². The molecule has 2 aromatic heterocycles. The number of aliphatic hydroxyl groups excluding tert-OH is 1. The lowest BCUT2D eigenvalue weighted by atomic mass is 10.3. The molecule has 0 unspecified atom stereocenters. The van der Waals surface area contributed by atoms with Gasteiger partial charge in [-0.05, 0) is 42.0 Å². The van der Waals surface area contributed by atoms with Crippen molar-refractivity contribution < 1.29 is 9.84 Å². The number of aliphatic hydroxyl groups is 1. The molecule has 1 aromatic carbocycles. The van der Waals surface area contributed by atoms with Gasteiger partial charge in [0, 0.05) is 29.5 Å². The van der Waals surface area contributed by atoms with Crippen molar-refractivity contribution in [3.63, 3.8) is 0 Å². The van der Waals surface area contributed by atoms with E-state index in [0.717, 1.165) is 5.56 Å². The molecule has 0 radical (unpaired) electrons. The van der Waals surface area contributed by atoms with Gasteiger partial charge in [-0.15, -0.1) is 10.2 Å². The molecule has 0 aliphatic heterocycles. The highest BCUT2D eigenvalue weighted by molar-refractivity contribution is 6.30. The van der Waals surface area contributed by atoms with E-state index in [4.69, 9.17) is 21.4 Å². The topological polar surface area (TPSA) is 86.0 Å². The molecule has 118 valence electrons. The number of pyridine rings is 1. The summed E-state index contributed by atoms with van der Waals surface area (Å²) < 4.78 is 5.62. The zero-order valence-electron chi connectivity index (χ0n) is 12.1. The fourth-order valence-corrected chi connectivity index (χ4v) is 1.99. The maximum Gasteiger partial charge on any atom is 0.219 e. The fourth-order valence-electron chi connectivity index (χ4n) is 1.86. The number of hydrogen-bond donors (Lipinski definition) is 1. The molecule has 8 heteroatoms. The third-order valence-electron chi connectivity index (χ3n) is 3.00.